The van der Waals surface area contributed by atoms with E-state index in [1.807, 2.05) is 61.5 Å². The van der Waals surface area contributed by atoms with Gasteiger partial charge in [-0.15, -0.1) is 0 Å². The number of carbonyl (C=O) groups is 1. The molecule has 2 fully saturated rings. The van der Waals surface area contributed by atoms with Crippen molar-refractivity contribution in [1.29, 1.82) is 0 Å². The average molecular weight is 394 g/mol. The summed E-state index contributed by atoms with van der Waals surface area (Å²) in [4.78, 5) is 19.8. The summed E-state index contributed by atoms with van der Waals surface area (Å²) in [5.74, 6) is -0.481. The minimum absolute atomic E-state index is 0.0988. The van der Waals surface area contributed by atoms with E-state index in [1.54, 1.807) is 5.06 Å². The van der Waals surface area contributed by atoms with Gasteiger partial charge in [-0.25, -0.2) is 5.06 Å². The Morgan fingerprint density at radius 1 is 1.10 bits per heavy atom. The van der Waals surface area contributed by atoms with Gasteiger partial charge < -0.3 is 5.11 Å². The predicted molar refractivity (Wildman–Crippen MR) is 113 cm³/mol. The molecule has 1 aliphatic carbocycles. The molecule has 0 unspecified atom stereocenters. The van der Waals surface area contributed by atoms with Crippen LogP contribution in [0, 0.1) is 24.2 Å². The quantitative estimate of drug-likeness (QED) is 0.793. The molecule has 29 heavy (non-hydrogen) atoms. The average Bonchev–Trinajstić information content (AvgIpc) is 2.86. The van der Waals surface area contributed by atoms with Gasteiger partial charge in [0.2, 0.25) is 0 Å². The molecule has 4 rings (SSSR count). The van der Waals surface area contributed by atoms with E-state index in [4.69, 9.17) is 4.84 Å². The highest BCUT2D eigenvalue weighted by atomic mass is 16.7. The number of aryl methyl sites for hydroxylation is 1. The Balaban J connectivity index is 1.66. The van der Waals surface area contributed by atoms with Crippen molar-refractivity contribution in [2.75, 3.05) is 0 Å². The predicted octanol–water partition coefficient (Wildman–Crippen LogP) is 4.81. The molecule has 4 heteroatoms. The van der Waals surface area contributed by atoms with Crippen LogP contribution in [0.2, 0.25) is 0 Å². The number of rotatable bonds is 5. The molecule has 4 atom stereocenters. The first kappa shape index (κ1) is 20.1. The van der Waals surface area contributed by atoms with Crippen LogP contribution in [0.3, 0.4) is 0 Å². The lowest BCUT2D eigenvalue weighted by molar-refractivity contribution is -0.265. The molecule has 1 amide bonds. The van der Waals surface area contributed by atoms with Gasteiger partial charge in [0.15, 0.2) is 0 Å². The van der Waals surface area contributed by atoms with Crippen LogP contribution < -0.4 is 0 Å². The molecule has 1 saturated heterocycles. The van der Waals surface area contributed by atoms with E-state index in [2.05, 4.69) is 20.8 Å². The van der Waals surface area contributed by atoms with E-state index in [9.17, 15) is 9.90 Å². The number of amides is 1. The fourth-order valence-corrected chi connectivity index (χ4v) is 5.31. The van der Waals surface area contributed by atoms with Gasteiger partial charge in [-0.1, -0.05) is 74.0 Å². The first-order valence-corrected chi connectivity index (χ1v) is 10.5. The molecule has 2 aromatic carbocycles. The second-order valence-corrected chi connectivity index (χ2v) is 9.41. The highest BCUT2D eigenvalue weighted by Crippen LogP contribution is 2.61. The van der Waals surface area contributed by atoms with Gasteiger partial charge >= 0.3 is 0 Å². The van der Waals surface area contributed by atoms with Crippen molar-refractivity contribution in [1.82, 2.24) is 5.06 Å². The van der Waals surface area contributed by atoms with Gasteiger partial charge in [0.1, 0.15) is 6.61 Å². The summed E-state index contributed by atoms with van der Waals surface area (Å²) in [6, 6.07) is 17.7. The number of piperidine rings is 1. The highest BCUT2D eigenvalue weighted by Gasteiger charge is 2.65. The van der Waals surface area contributed by atoms with E-state index in [-0.39, 0.29) is 22.8 Å². The van der Waals surface area contributed by atoms with Crippen molar-refractivity contribution in [2.45, 2.75) is 58.8 Å². The SMILES string of the molecule is Cc1ccc([C@H](O)[C@H]2C(=O)N(OCc3ccccc3)[C@]3(C)CC[C@H]2C3(C)C)cc1. The third-order valence-electron chi connectivity index (χ3n) is 7.59. The maximum atomic E-state index is 13.6. The summed E-state index contributed by atoms with van der Waals surface area (Å²) in [6.45, 7) is 8.92. The third kappa shape index (κ3) is 3.19. The lowest BCUT2D eigenvalue weighted by Crippen LogP contribution is -2.64. The number of aliphatic hydroxyl groups excluding tert-OH is 1. The normalized spacial score (nSPS) is 29.1. The molecule has 1 N–H and O–H groups in total. The first-order valence-electron chi connectivity index (χ1n) is 10.5. The van der Waals surface area contributed by atoms with Gasteiger partial charge in [0, 0.05) is 0 Å². The zero-order chi connectivity index (χ0) is 20.8. The van der Waals surface area contributed by atoms with Crippen LogP contribution in [0.25, 0.3) is 0 Å². The zero-order valence-corrected chi connectivity index (χ0v) is 17.8. The number of hydrogen-bond acceptors (Lipinski definition) is 3. The Kier molecular flexibility index (Phi) is 5.04. The van der Waals surface area contributed by atoms with E-state index >= 15 is 0 Å². The monoisotopic (exact) mass is 393 g/mol. The lowest BCUT2D eigenvalue weighted by atomic mass is 9.62. The Labute approximate surface area is 173 Å². The maximum Gasteiger partial charge on any atom is 0.253 e. The van der Waals surface area contributed by atoms with Gasteiger partial charge in [-0.3, -0.25) is 9.63 Å². The van der Waals surface area contributed by atoms with E-state index in [0.717, 1.165) is 29.5 Å². The Hall–Kier alpha value is -2.17. The summed E-state index contributed by atoms with van der Waals surface area (Å²) in [7, 11) is 0. The van der Waals surface area contributed by atoms with Crippen molar-refractivity contribution in [3.63, 3.8) is 0 Å². The van der Waals surface area contributed by atoms with Crippen LogP contribution >= 0.6 is 0 Å². The molecular weight excluding hydrogens is 362 g/mol. The zero-order valence-electron chi connectivity index (χ0n) is 17.8. The minimum atomic E-state index is -0.835. The number of carbonyl (C=O) groups excluding carboxylic acids is 1. The first-order chi connectivity index (χ1) is 13.8. The topological polar surface area (TPSA) is 49.8 Å². The number of nitrogens with zero attached hydrogens (tertiary/aromatic N) is 1. The number of hydroxylamine groups is 2. The fourth-order valence-electron chi connectivity index (χ4n) is 5.31. The Morgan fingerprint density at radius 3 is 2.41 bits per heavy atom. The van der Waals surface area contributed by atoms with Crippen LogP contribution in [0.5, 0.6) is 0 Å². The van der Waals surface area contributed by atoms with E-state index in [0.29, 0.717) is 6.61 Å². The fraction of sp³-hybridized carbons (Fsp3) is 0.480. The van der Waals surface area contributed by atoms with Crippen molar-refractivity contribution in [3.05, 3.63) is 71.3 Å². The van der Waals surface area contributed by atoms with Crippen LogP contribution in [-0.4, -0.2) is 21.6 Å². The molecule has 0 radical (unpaired) electrons. The second-order valence-electron chi connectivity index (χ2n) is 9.41. The molecule has 4 nitrogen and oxygen atoms in total. The Morgan fingerprint density at radius 2 is 1.76 bits per heavy atom. The largest absolute Gasteiger partial charge is 0.388 e. The standard InChI is InChI=1S/C25H31NO3/c1-17-10-12-19(13-11-17)22(27)21-20-14-15-25(4,24(20,2)3)26(23(21)28)29-16-18-8-6-5-7-9-18/h5-13,20-22,27H,14-16H2,1-4H3/t20-,21+,22+,25-/m1/s1. The van der Waals surface area contributed by atoms with E-state index in [1.165, 1.54) is 0 Å². The third-order valence-corrected chi connectivity index (χ3v) is 7.59. The molecule has 2 bridgehead atoms. The lowest BCUT2D eigenvalue weighted by Gasteiger charge is -2.54. The molecule has 1 heterocycles. The number of aliphatic hydroxyl groups is 1. The van der Waals surface area contributed by atoms with Crippen LogP contribution in [0.1, 0.15) is 56.4 Å². The molecule has 2 aromatic rings. The molecule has 1 saturated carbocycles. The second kappa shape index (κ2) is 7.26. The number of fused-ring (bicyclic) bond motifs is 2. The summed E-state index contributed by atoms with van der Waals surface area (Å²) >= 11 is 0. The van der Waals surface area contributed by atoms with Gasteiger partial charge in [0.05, 0.1) is 17.6 Å². The molecule has 0 spiro atoms. The minimum Gasteiger partial charge on any atom is -0.388 e. The van der Waals surface area contributed by atoms with E-state index < -0.39 is 12.0 Å². The Bertz CT molecular complexity index is 877. The summed E-state index contributed by atoms with van der Waals surface area (Å²) in [5, 5.41) is 12.8. The van der Waals surface area contributed by atoms with Gasteiger partial charge in [-0.2, -0.15) is 0 Å². The highest BCUT2D eigenvalue weighted by molar-refractivity contribution is 5.82. The molecule has 154 valence electrons. The van der Waals surface area contributed by atoms with Crippen LogP contribution in [-0.2, 0) is 16.2 Å². The van der Waals surface area contributed by atoms with Crippen molar-refractivity contribution < 1.29 is 14.7 Å². The molecule has 1 aliphatic heterocycles. The van der Waals surface area contributed by atoms with Crippen molar-refractivity contribution in [2.24, 2.45) is 17.3 Å². The van der Waals surface area contributed by atoms with Crippen LogP contribution in [0.4, 0.5) is 0 Å². The molecule has 0 aromatic heterocycles. The van der Waals surface area contributed by atoms with Crippen LogP contribution in [0.15, 0.2) is 54.6 Å². The van der Waals surface area contributed by atoms with Gasteiger partial charge in [-0.05, 0) is 49.1 Å². The molecule has 2 aliphatic rings. The number of benzene rings is 2. The van der Waals surface area contributed by atoms with Gasteiger partial charge in [0.25, 0.3) is 5.91 Å². The van der Waals surface area contributed by atoms with Crippen molar-refractivity contribution >= 4 is 5.91 Å². The summed E-state index contributed by atoms with van der Waals surface area (Å²) in [6.07, 6.45) is 0.953. The van der Waals surface area contributed by atoms with Crippen molar-refractivity contribution in [3.8, 4) is 0 Å². The maximum absolute atomic E-state index is 13.6. The molecular formula is C25H31NO3. The summed E-state index contributed by atoms with van der Waals surface area (Å²) in [5.41, 5.74) is 2.42. The summed E-state index contributed by atoms with van der Waals surface area (Å²) < 4.78 is 0. The number of hydrogen-bond donors (Lipinski definition) is 1. The smallest absolute Gasteiger partial charge is 0.253 e.